The van der Waals surface area contributed by atoms with Crippen LogP contribution < -0.4 is 4.74 Å². The summed E-state index contributed by atoms with van der Waals surface area (Å²) in [6.45, 7) is 2.39. The lowest BCUT2D eigenvalue weighted by molar-refractivity contribution is -0.140. The number of imide groups is 1. The fourth-order valence-corrected chi connectivity index (χ4v) is 6.53. The highest BCUT2D eigenvalue weighted by atomic mass is 32.2. The van der Waals surface area contributed by atoms with E-state index >= 15 is 0 Å². The monoisotopic (exact) mass is 470 g/mol. The van der Waals surface area contributed by atoms with Crippen molar-refractivity contribution in [2.75, 3.05) is 13.7 Å². The summed E-state index contributed by atoms with van der Waals surface area (Å²) >= 11 is 0. The summed E-state index contributed by atoms with van der Waals surface area (Å²) in [7, 11) is -2.45. The second-order valence-electron chi connectivity index (χ2n) is 8.66. The summed E-state index contributed by atoms with van der Waals surface area (Å²) in [5.74, 6) is -0.491. The summed E-state index contributed by atoms with van der Waals surface area (Å²) in [4.78, 5) is 27.1. The van der Waals surface area contributed by atoms with Crippen LogP contribution in [0.15, 0.2) is 53.4 Å². The number of hydrogen-bond acceptors (Lipinski definition) is 5. The van der Waals surface area contributed by atoms with Crippen LogP contribution in [0.4, 0.5) is 0 Å². The summed E-state index contributed by atoms with van der Waals surface area (Å²) in [5.41, 5.74) is 1.47. The van der Waals surface area contributed by atoms with Gasteiger partial charge in [-0.2, -0.15) is 4.31 Å². The van der Waals surface area contributed by atoms with Crippen molar-refractivity contribution < 1.29 is 22.7 Å². The van der Waals surface area contributed by atoms with Crippen LogP contribution in [-0.4, -0.2) is 43.1 Å². The second kappa shape index (κ2) is 9.65. The molecule has 0 aromatic heterocycles. The van der Waals surface area contributed by atoms with Gasteiger partial charge in [-0.25, -0.2) is 8.42 Å². The molecule has 8 heteroatoms. The van der Waals surface area contributed by atoms with Crippen molar-refractivity contribution in [3.8, 4) is 5.75 Å². The molecule has 1 saturated carbocycles. The van der Waals surface area contributed by atoms with Crippen molar-refractivity contribution in [2.45, 2.75) is 50.6 Å². The number of carbonyl (C=O) groups excluding carboxylic acids is 2. The average Bonchev–Trinajstić information content (AvgIpc) is 3.08. The Morgan fingerprint density at radius 1 is 0.970 bits per heavy atom. The molecule has 1 heterocycles. The van der Waals surface area contributed by atoms with E-state index in [1.165, 1.54) is 22.4 Å². The lowest BCUT2D eigenvalue weighted by Gasteiger charge is -2.23. The average molecular weight is 471 g/mol. The van der Waals surface area contributed by atoms with Crippen LogP contribution in [-0.2, 0) is 32.7 Å². The van der Waals surface area contributed by atoms with Crippen molar-refractivity contribution in [2.24, 2.45) is 11.8 Å². The van der Waals surface area contributed by atoms with E-state index in [-0.39, 0.29) is 53.9 Å². The molecule has 0 spiro atoms. The highest BCUT2D eigenvalue weighted by Gasteiger charge is 2.48. The number of sulfonamides is 1. The van der Waals surface area contributed by atoms with Crippen LogP contribution >= 0.6 is 0 Å². The zero-order valence-corrected chi connectivity index (χ0v) is 19.9. The first kappa shape index (κ1) is 23.4. The van der Waals surface area contributed by atoms with Crippen LogP contribution in [0.25, 0.3) is 0 Å². The molecule has 1 saturated heterocycles. The number of likely N-dealkylation sites (tertiary alicyclic amines) is 1. The summed E-state index contributed by atoms with van der Waals surface area (Å²) in [6, 6.07) is 14.2. The normalized spacial score (nSPS) is 20.9. The molecule has 2 atom stereocenters. The Morgan fingerprint density at radius 3 is 2.18 bits per heavy atom. The molecule has 1 aliphatic carbocycles. The predicted molar refractivity (Wildman–Crippen MR) is 124 cm³/mol. The van der Waals surface area contributed by atoms with Gasteiger partial charge in [-0.1, -0.05) is 56.2 Å². The molecule has 4 rings (SSSR count). The molecule has 2 amide bonds. The Kier molecular flexibility index (Phi) is 6.86. The molecule has 0 bridgehead atoms. The smallest absolute Gasteiger partial charge is 0.247 e. The molecule has 2 aliphatic rings. The Labute approximate surface area is 195 Å². The number of ether oxygens (including phenoxy) is 1. The third kappa shape index (κ3) is 4.54. The van der Waals surface area contributed by atoms with Crippen molar-refractivity contribution in [1.29, 1.82) is 0 Å². The van der Waals surface area contributed by atoms with E-state index in [1.54, 1.807) is 19.1 Å². The van der Waals surface area contributed by atoms with Gasteiger partial charge in [-0.3, -0.25) is 14.5 Å². The molecular weight excluding hydrogens is 440 g/mol. The van der Waals surface area contributed by atoms with Gasteiger partial charge in [0, 0.05) is 13.1 Å². The van der Waals surface area contributed by atoms with Crippen LogP contribution in [0.2, 0.25) is 0 Å². The van der Waals surface area contributed by atoms with Crippen LogP contribution in [0.1, 0.15) is 43.7 Å². The number of rotatable bonds is 8. The fraction of sp³-hybridized carbons (Fsp3) is 0.440. The number of methoxy groups -OCH3 is 1. The van der Waals surface area contributed by atoms with Gasteiger partial charge in [0.05, 0.1) is 25.5 Å². The SMILES string of the molecule is CCN(Cc1ccccc1)S(=O)(=O)c1cc(CN2C(=O)[C@H]3CCCC[C@H]3C2=O)ccc1OC. The number of carbonyl (C=O) groups is 2. The first-order chi connectivity index (χ1) is 15.9. The molecule has 33 heavy (non-hydrogen) atoms. The van der Waals surface area contributed by atoms with Crippen molar-refractivity contribution in [1.82, 2.24) is 9.21 Å². The maximum atomic E-state index is 13.6. The molecular formula is C25H30N2O5S. The topological polar surface area (TPSA) is 84.0 Å². The maximum absolute atomic E-state index is 13.6. The number of amides is 2. The molecule has 1 aliphatic heterocycles. The van der Waals surface area contributed by atoms with E-state index in [0.717, 1.165) is 31.2 Å². The quantitative estimate of drug-likeness (QED) is 0.551. The van der Waals surface area contributed by atoms with Crippen LogP contribution in [0.5, 0.6) is 5.75 Å². The Morgan fingerprint density at radius 2 is 1.61 bits per heavy atom. The van der Waals surface area contributed by atoms with E-state index in [0.29, 0.717) is 5.56 Å². The largest absolute Gasteiger partial charge is 0.495 e. The van der Waals surface area contributed by atoms with Gasteiger partial charge in [-0.05, 0) is 36.1 Å². The predicted octanol–water partition coefficient (Wildman–Crippen LogP) is 3.58. The highest BCUT2D eigenvalue weighted by Crippen LogP contribution is 2.39. The van der Waals surface area contributed by atoms with E-state index in [9.17, 15) is 18.0 Å². The van der Waals surface area contributed by atoms with Crippen molar-refractivity contribution >= 4 is 21.8 Å². The minimum atomic E-state index is -3.88. The Balaban J connectivity index is 1.62. The number of hydrogen-bond donors (Lipinski definition) is 0. The van der Waals surface area contributed by atoms with Gasteiger partial charge in [0.2, 0.25) is 21.8 Å². The molecule has 0 N–H and O–H groups in total. The van der Waals surface area contributed by atoms with Crippen LogP contribution in [0.3, 0.4) is 0 Å². The molecule has 176 valence electrons. The number of nitrogens with zero attached hydrogens (tertiary/aromatic N) is 2. The first-order valence-corrected chi connectivity index (χ1v) is 12.9. The lowest BCUT2D eigenvalue weighted by atomic mass is 9.81. The van der Waals surface area contributed by atoms with Gasteiger partial charge >= 0.3 is 0 Å². The third-order valence-electron chi connectivity index (χ3n) is 6.67. The minimum Gasteiger partial charge on any atom is -0.495 e. The van der Waals surface area contributed by atoms with Gasteiger partial charge < -0.3 is 4.74 Å². The zero-order chi connectivity index (χ0) is 23.6. The van der Waals surface area contributed by atoms with Gasteiger partial charge in [0.25, 0.3) is 0 Å². The summed E-state index contributed by atoms with van der Waals surface area (Å²) in [5, 5.41) is 0. The standard InChI is InChI=1S/C25H30N2O5S/c1-3-26(16-18-9-5-4-6-10-18)33(30,31)23-15-19(13-14-22(23)32-2)17-27-24(28)20-11-7-8-12-21(20)25(27)29/h4-6,9-10,13-15,20-21H,3,7-8,11-12,16-17H2,1-2H3/t20-,21+. The molecule has 2 aromatic rings. The number of benzene rings is 2. The second-order valence-corrected chi connectivity index (χ2v) is 10.6. The van der Waals surface area contributed by atoms with Crippen LogP contribution in [0, 0.1) is 11.8 Å². The first-order valence-electron chi connectivity index (χ1n) is 11.4. The van der Waals surface area contributed by atoms with Crippen molar-refractivity contribution in [3.63, 3.8) is 0 Å². The lowest BCUT2D eigenvalue weighted by Crippen LogP contribution is -2.32. The fourth-order valence-electron chi connectivity index (χ4n) is 4.88. The van der Waals surface area contributed by atoms with E-state index in [1.807, 2.05) is 30.3 Å². The third-order valence-corrected chi connectivity index (χ3v) is 8.62. The highest BCUT2D eigenvalue weighted by molar-refractivity contribution is 7.89. The summed E-state index contributed by atoms with van der Waals surface area (Å²) in [6.07, 6.45) is 3.43. The molecule has 2 aromatic carbocycles. The zero-order valence-electron chi connectivity index (χ0n) is 19.1. The minimum absolute atomic E-state index is 0.0387. The van der Waals surface area contributed by atoms with E-state index in [4.69, 9.17) is 4.74 Å². The molecule has 0 unspecified atom stereocenters. The summed E-state index contributed by atoms with van der Waals surface area (Å²) < 4.78 is 33.9. The molecule has 0 radical (unpaired) electrons. The Hall–Kier alpha value is -2.71. The van der Waals surface area contributed by atoms with Gasteiger partial charge in [0.15, 0.2) is 0 Å². The van der Waals surface area contributed by atoms with E-state index < -0.39 is 10.0 Å². The Bertz CT molecular complexity index is 1110. The number of fused-ring (bicyclic) bond motifs is 1. The van der Waals surface area contributed by atoms with Gasteiger partial charge in [0.1, 0.15) is 10.6 Å². The van der Waals surface area contributed by atoms with Crippen molar-refractivity contribution in [3.05, 3.63) is 59.7 Å². The van der Waals surface area contributed by atoms with E-state index in [2.05, 4.69) is 0 Å². The maximum Gasteiger partial charge on any atom is 0.247 e. The molecule has 2 fully saturated rings. The molecule has 7 nitrogen and oxygen atoms in total. The van der Waals surface area contributed by atoms with Gasteiger partial charge in [-0.15, -0.1) is 0 Å².